The molecular weight excluding hydrogens is 214 g/mol. The highest BCUT2D eigenvalue weighted by atomic mass is 35.5. The van der Waals surface area contributed by atoms with Crippen molar-refractivity contribution in [1.29, 1.82) is 5.41 Å². The van der Waals surface area contributed by atoms with Gasteiger partial charge < -0.3 is 5.73 Å². The first-order valence-corrected chi connectivity index (χ1v) is 4.87. The number of amidine groups is 1. The molecule has 0 unspecified atom stereocenters. The van der Waals surface area contributed by atoms with E-state index in [1.54, 1.807) is 11.3 Å². The quantitative estimate of drug-likeness (QED) is 0.596. The van der Waals surface area contributed by atoms with Crippen LogP contribution < -0.4 is 5.73 Å². The van der Waals surface area contributed by atoms with Gasteiger partial charge >= 0.3 is 0 Å². The van der Waals surface area contributed by atoms with Gasteiger partial charge in [0.1, 0.15) is 5.01 Å². The Hall–Kier alpha value is -0.260. The minimum absolute atomic E-state index is 0. The van der Waals surface area contributed by atoms with Gasteiger partial charge in [-0.05, 0) is 6.92 Å². The molecule has 68 valence electrons. The van der Waals surface area contributed by atoms with Crippen LogP contribution in [0, 0.1) is 12.3 Å². The maximum Gasteiger partial charge on any atom is 0.151 e. The molecule has 0 bridgehead atoms. The number of nitrogens with one attached hydrogen (secondary N) is 1. The molecule has 3 nitrogen and oxygen atoms in total. The van der Waals surface area contributed by atoms with Crippen LogP contribution in [0.25, 0.3) is 0 Å². The molecule has 0 aliphatic carbocycles. The first-order chi connectivity index (χ1) is 5.18. The number of rotatable bonds is 2. The van der Waals surface area contributed by atoms with E-state index in [2.05, 4.69) is 4.98 Å². The lowest BCUT2D eigenvalue weighted by molar-refractivity contribution is 1.26. The van der Waals surface area contributed by atoms with E-state index in [0.717, 1.165) is 5.01 Å². The first kappa shape index (κ1) is 11.7. The van der Waals surface area contributed by atoms with E-state index >= 15 is 0 Å². The largest absolute Gasteiger partial charge is 0.379 e. The lowest BCUT2D eigenvalue weighted by atomic mass is 10.6. The standard InChI is InChI=1S/C6H9N3S2.ClH/c1-4-2-9-5(11-4)3-10-6(7)8;/h2H,3H2,1H3,(H3,7,8);1H. The summed E-state index contributed by atoms with van der Waals surface area (Å²) in [6.45, 7) is 2.01. The molecule has 12 heavy (non-hydrogen) atoms. The van der Waals surface area contributed by atoms with Crippen molar-refractivity contribution < 1.29 is 0 Å². The van der Waals surface area contributed by atoms with Crippen LogP contribution >= 0.6 is 35.5 Å². The number of aryl methyl sites for hydroxylation is 1. The van der Waals surface area contributed by atoms with Crippen molar-refractivity contribution in [2.45, 2.75) is 12.7 Å². The van der Waals surface area contributed by atoms with E-state index in [1.807, 2.05) is 13.1 Å². The zero-order chi connectivity index (χ0) is 8.27. The Labute approximate surface area is 85.7 Å². The summed E-state index contributed by atoms with van der Waals surface area (Å²) in [5.41, 5.74) is 5.17. The predicted molar refractivity (Wildman–Crippen MR) is 57.3 cm³/mol. The highest BCUT2D eigenvalue weighted by Gasteiger charge is 1.98. The maximum atomic E-state index is 6.97. The van der Waals surface area contributed by atoms with Gasteiger partial charge in [0, 0.05) is 11.1 Å². The molecule has 1 rings (SSSR count). The smallest absolute Gasteiger partial charge is 0.151 e. The van der Waals surface area contributed by atoms with Crippen molar-refractivity contribution in [3.8, 4) is 0 Å². The molecule has 1 aromatic heterocycles. The third kappa shape index (κ3) is 3.94. The van der Waals surface area contributed by atoms with E-state index in [1.165, 1.54) is 16.6 Å². The van der Waals surface area contributed by atoms with Crippen LogP contribution in [-0.2, 0) is 5.75 Å². The van der Waals surface area contributed by atoms with Crippen LogP contribution in [0.2, 0.25) is 0 Å². The van der Waals surface area contributed by atoms with Gasteiger partial charge in [-0.2, -0.15) is 0 Å². The molecule has 0 saturated carbocycles. The van der Waals surface area contributed by atoms with Gasteiger partial charge in [-0.15, -0.1) is 23.7 Å². The Morgan fingerprint density at radius 3 is 2.92 bits per heavy atom. The Balaban J connectivity index is 0.00000121. The summed E-state index contributed by atoms with van der Waals surface area (Å²) >= 11 is 2.95. The van der Waals surface area contributed by atoms with Gasteiger partial charge in [-0.3, -0.25) is 5.41 Å². The average Bonchev–Trinajstić information content (AvgIpc) is 2.31. The molecule has 0 saturated heterocycles. The third-order valence-electron chi connectivity index (χ3n) is 1.02. The fourth-order valence-corrected chi connectivity index (χ4v) is 1.96. The predicted octanol–water partition coefficient (Wildman–Crippen LogP) is 2.00. The van der Waals surface area contributed by atoms with Gasteiger partial charge in [0.15, 0.2) is 5.17 Å². The molecule has 0 aliphatic heterocycles. The maximum absolute atomic E-state index is 6.97. The van der Waals surface area contributed by atoms with E-state index in [4.69, 9.17) is 11.1 Å². The highest BCUT2D eigenvalue weighted by Crippen LogP contribution is 2.16. The number of nitrogens with zero attached hydrogens (tertiary/aromatic N) is 1. The SMILES string of the molecule is Cc1cnc(CSC(=N)N)s1.Cl. The van der Waals surface area contributed by atoms with E-state index in [9.17, 15) is 0 Å². The van der Waals surface area contributed by atoms with Gasteiger partial charge in [-0.25, -0.2) is 4.98 Å². The Morgan fingerprint density at radius 1 is 1.83 bits per heavy atom. The number of hydrogen-bond donors (Lipinski definition) is 2. The highest BCUT2D eigenvalue weighted by molar-refractivity contribution is 8.13. The normalized spacial score (nSPS) is 9.08. The topological polar surface area (TPSA) is 62.8 Å². The summed E-state index contributed by atoms with van der Waals surface area (Å²) in [6, 6.07) is 0. The molecule has 0 radical (unpaired) electrons. The molecular formula is C6H10ClN3S2. The van der Waals surface area contributed by atoms with E-state index in [-0.39, 0.29) is 17.6 Å². The number of hydrogen-bond acceptors (Lipinski definition) is 4. The van der Waals surface area contributed by atoms with Crippen molar-refractivity contribution in [3.63, 3.8) is 0 Å². The van der Waals surface area contributed by atoms with Gasteiger partial charge in [0.2, 0.25) is 0 Å². The van der Waals surface area contributed by atoms with Gasteiger partial charge in [0.05, 0.1) is 5.75 Å². The summed E-state index contributed by atoms with van der Waals surface area (Å²) in [5, 5.41) is 8.15. The summed E-state index contributed by atoms with van der Waals surface area (Å²) in [4.78, 5) is 5.33. The van der Waals surface area contributed by atoms with Crippen molar-refractivity contribution in [3.05, 3.63) is 16.1 Å². The van der Waals surface area contributed by atoms with Crippen molar-refractivity contribution in [2.24, 2.45) is 5.73 Å². The molecule has 0 fully saturated rings. The average molecular weight is 224 g/mol. The number of aromatic nitrogens is 1. The minimum Gasteiger partial charge on any atom is -0.379 e. The number of thioether (sulfide) groups is 1. The van der Waals surface area contributed by atoms with Crippen LogP contribution in [0.4, 0.5) is 0 Å². The lowest BCUT2D eigenvalue weighted by Crippen LogP contribution is -2.03. The number of thiazole rings is 1. The van der Waals surface area contributed by atoms with Gasteiger partial charge in [-0.1, -0.05) is 11.8 Å². The third-order valence-corrected chi connectivity index (χ3v) is 2.84. The van der Waals surface area contributed by atoms with Crippen LogP contribution in [-0.4, -0.2) is 10.2 Å². The first-order valence-electron chi connectivity index (χ1n) is 3.06. The summed E-state index contributed by atoms with van der Waals surface area (Å²) in [6.07, 6.45) is 1.83. The second kappa shape index (κ2) is 5.40. The molecule has 1 aromatic rings. The Morgan fingerprint density at radius 2 is 2.50 bits per heavy atom. The lowest BCUT2D eigenvalue weighted by Gasteiger charge is -1.92. The Kier molecular flexibility index (Phi) is 5.28. The van der Waals surface area contributed by atoms with E-state index < -0.39 is 0 Å². The molecule has 1 heterocycles. The second-order valence-corrected chi connectivity index (χ2v) is 4.35. The zero-order valence-corrected chi connectivity index (χ0v) is 8.98. The van der Waals surface area contributed by atoms with Crippen LogP contribution in [0.3, 0.4) is 0 Å². The van der Waals surface area contributed by atoms with Crippen molar-refractivity contribution in [1.82, 2.24) is 4.98 Å². The minimum atomic E-state index is 0. The van der Waals surface area contributed by atoms with E-state index in [0.29, 0.717) is 5.75 Å². The summed E-state index contributed by atoms with van der Waals surface area (Å²) in [5.74, 6) is 0.716. The molecule has 0 spiro atoms. The fraction of sp³-hybridized carbons (Fsp3) is 0.333. The van der Waals surface area contributed by atoms with Crippen LogP contribution in [0.15, 0.2) is 6.20 Å². The number of nitrogens with two attached hydrogens (primary N) is 1. The number of halogens is 1. The molecule has 3 N–H and O–H groups in total. The molecule has 6 heteroatoms. The molecule has 0 aliphatic rings. The zero-order valence-electron chi connectivity index (χ0n) is 6.53. The molecule has 0 amide bonds. The second-order valence-electron chi connectivity index (χ2n) is 2.02. The monoisotopic (exact) mass is 223 g/mol. The van der Waals surface area contributed by atoms with Crippen molar-refractivity contribution >= 4 is 40.7 Å². The van der Waals surface area contributed by atoms with Crippen LogP contribution in [0.1, 0.15) is 9.88 Å². The van der Waals surface area contributed by atoms with Gasteiger partial charge in [0.25, 0.3) is 0 Å². The fourth-order valence-electron chi connectivity index (χ4n) is 0.608. The van der Waals surface area contributed by atoms with Crippen LogP contribution in [0.5, 0.6) is 0 Å². The van der Waals surface area contributed by atoms with Crippen molar-refractivity contribution in [2.75, 3.05) is 0 Å². The molecule has 0 aromatic carbocycles. The Bertz CT molecular complexity index is 261. The summed E-state index contributed by atoms with van der Waals surface area (Å²) < 4.78 is 0. The summed E-state index contributed by atoms with van der Waals surface area (Å²) in [7, 11) is 0. The molecule has 0 atom stereocenters.